The van der Waals surface area contributed by atoms with Gasteiger partial charge in [0.25, 0.3) is 5.69 Å². The van der Waals surface area contributed by atoms with Crippen molar-refractivity contribution in [1.29, 1.82) is 0 Å². The second kappa shape index (κ2) is 7.30. The van der Waals surface area contributed by atoms with Crippen molar-refractivity contribution in [3.05, 3.63) is 70.0 Å². The number of hydrogen-bond donors (Lipinski definition) is 2. The minimum absolute atomic E-state index is 0.241. The largest absolute Gasteiger partial charge is 0.322 e. The molecule has 1 fully saturated rings. The molecule has 1 aromatic carbocycles. The molecule has 2 aromatic rings. The summed E-state index contributed by atoms with van der Waals surface area (Å²) in [5.74, 6) is 0. The predicted molar refractivity (Wildman–Crippen MR) is 86.1 cm³/mol. The molecule has 0 amide bonds. The van der Waals surface area contributed by atoms with E-state index in [1.165, 1.54) is 10.5 Å². The van der Waals surface area contributed by atoms with Gasteiger partial charge in [0.1, 0.15) is 39.3 Å². The van der Waals surface area contributed by atoms with Crippen LogP contribution in [0.4, 0.5) is 5.69 Å². The molecule has 0 aliphatic carbocycles. The van der Waals surface area contributed by atoms with Crippen LogP contribution in [0.1, 0.15) is 11.1 Å². The summed E-state index contributed by atoms with van der Waals surface area (Å²) >= 11 is 0. The molecule has 1 aliphatic heterocycles. The summed E-state index contributed by atoms with van der Waals surface area (Å²) in [6, 6.07) is 11.2. The van der Waals surface area contributed by atoms with Crippen LogP contribution < -0.4 is 9.80 Å². The van der Waals surface area contributed by atoms with Crippen molar-refractivity contribution < 1.29 is 14.7 Å². The number of nitro benzene ring substituents is 1. The average molecular weight is 314 g/mol. The van der Waals surface area contributed by atoms with E-state index in [-0.39, 0.29) is 10.6 Å². The third kappa shape index (κ3) is 4.12. The molecule has 0 spiro atoms. The number of hydrogen-bond acceptors (Lipinski definition) is 3. The summed E-state index contributed by atoms with van der Waals surface area (Å²) in [5, 5.41) is 11.1. The Balaban J connectivity index is 1.54. The highest BCUT2D eigenvalue weighted by Crippen LogP contribution is 2.16. The zero-order valence-electron chi connectivity index (χ0n) is 13.1. The Morgan fingerprint density at radius 2 is 1.70 bits per heavy atom. The van der Waals surface area contributed by atoms with E-state index < -0.39 is 0 Å². The summed E-state index contributed by atoms with van der Waals surface area (Å²) in [7, 11) is 0. The lowest BCUT2D eigenvalue weighted by Crippen LogP contribution is -3.27. The molecular formula is C17H22N4O2+2. The minimum atomic E-state index is -0.279. The van der Waals surface area contributed by atoms with Crippen LogP contribution in [0.2, 0.25) is 0 Å². The Labute approximate surface area is 135 Å². The predicted octanol–water partition coefficient (Wildman–Crippen LogP) is -0.527. The molecule has 0 unspecified atom stereocenters. The fraction of sp³-hybridized carbons (Fsp3) is 0.353. The number of quaternary nitrogens is 2. The number of aromatic nitrogens is 1. The van der Waals surface area contributed by atoms with Crippen LogP contribution in [0, 0.1) is 10.1 Å². The molecule has 6 nitrogen and oxygen atoms in total. The first-order valence-corrected chi connectivity index (χ1v) is 8.00. The number of benzene rings is 1. The molecule has 1 aliphatic rings. The standard InChI is InChI=1S/C17H20N4O2/c22-21(23)17-6-2-1-5-16(17)14-20-10-8-19(9-11-20)13-15-4-3-7-18-12-15/h1-7,12H,8-11,13-14H2/p+2. The molecule has 120 valence electrons. The van der Waals surface area contributed by atoms with Gasteiger partial charge in [0, 0.05) is 24.0 Å². The van der Waals surface area contributed by atoms with Crippen LogP contribution in [-0.2, 0) is 13.1 Å². The first-order chi connectivity index (χ1) is 11.2. The van der Waals surface area contributed by atoms with E-state index >= 15 is 0 Å². The first kappa shape index (κ1) is 15.6. The molecule has 0 bridgehead atoms. The van der Waals surface area contributed by atoms with Crippen LogP contribution in [-0.4, -0.2) is 36.1 Å². The highest BCUT2D eigenvalue weighted by molar-refractivity contribution is 5.39. The Hall–Kier alpha value is -2.31. The summed E-state index contributed by atoms with van der Waals surface area (Å²) < 4.78 is 0. The van der Waals surface area contributed by atoms with Crippen LogP contribution in [0.15, 0.2) is 48.8 Å². The number of piperazine rings is 1. The minimum Gasteiger partial charge on any atom is -0.322 e. The quantitative estimate of drug-likeness (QED) is 0.576. The van der Waals surface area contributed by atoms with E-state index in [9.17, 15) is 10.1 Å². The Morgan fingerprint density at radius 3 is 2.35 bits per heavy atom. The molecule has 1 saturated heterocycles. The van der Waals surface area contributed by atoms with Gasteiger partial charge in [0.2, 0.25) is 0 Å². The van der Waals surface area contributed by atoms with E-state index in [0.717, 1.165) is 44.8 Å². The number of nitrogens with one attached hydrogen (secondary N) is 2. The Kier molecular flexibility index (Phi) is 4.95. The van der Waals surface area contributed by atoms with Gasteiger partial charge in [0.05, 0.1) is 10.5 Å². The monoisotopic (exact) mass is 314 g/mol. The Bertz CT molecular complexity index is 655. The smallest absolute Gasteiger partial charge is 0.278 e. The van der Waals surface area contributed by atoms with E-state index in [0.29, 0.717) is 0 Å². The zero-order valence-corrected chi connectivity index (χ0v) is 13.1. The molecular weight excluding hydrogens is 292 g/mol. The maximum absolute atomic E-state index is 11.1. The van der Waals surface area contributed by atoms with Crippen LogP contribution in [0.3, 0.4) is 0 Å². The number of para-hydroxylation sites is 1. The van der Waals surface area contributed by atoms with Gasteiger partial charge in [-0.1, -0.05) is 18.2 Å². The normalized spacial score (nSPS) is 21.0. The lowest BCUT2D eigenvalue weighted by atomic mass is 10.1. The van der Waals surface area contributed by atoms with E-state index in [2.05, 4.69) is 11.1 Å². The number of nitrogens with zero attached hydrogens (tertiary/aromatic N) is 2. The molecule has 2 heterocycles. The average Bonchev–Trinajstić information content (AvgIpc) is 2.58. The van der Waals surface area contributed by atoms with Crippen molar-refractivity contribution in [3.8, 4) is 0 Å². The number of rotatable bonds is 5. The van der Waals surface area contributed by atoms with Crippen LogP contribution in [0.5, 0.6) is 0 Å². The third-order valence-electron chi connectivity index (χ3n) is 4.47. The second-order valence-corrected chi connectivity index (χ2v) is 6.10. The molecule has 0 atom stereocenters. The van der Waals surface area contributed by atoms with E-state index in [1.54, 1.807) is 23.2 Å². The van der Waals surface area contributed by atoms with Gasteiger partial charge in [-0.2, -0.15) is 0 Å². The Morgan fingerprint density at radius 1 is 1.00 bits per heavy atom. The topological polar surface area (TPSA) is 64.9 Å². The van der Waals surface area contributed by atoms with Crippen molar-refractivity contribution in [3.63, 3.8) is 0 Å². The van der Waals surface area contributed by atoms with E-state index in [4.69, 9.17) is 0 Å². The lowest BCUT2D eigenvalue weighted by Gasteiger charge is -2.29. The second-order valence-electron chi connectivity index (χ2n) is 6.10. The highest BCUT2D eigenvalue weighted by atomic mass is 16.6. The lowest BCUT2D eigenvalue weighted by molar-refractivity contribution is -1.02. The maximum atomic E-state index is 11.1. The van der Waals surface area contributed by atoms with Crippen molar-refractivity contribution in [2.75, 3.05) is 26.2 Å². The van der Waals surface area contributed by atoms with Gasteiger partial charge in [-0.05, 0) is 12.1 Å². The SMILES string of the molecule is O=[N+]([O-])c1ccccc1C[NH+]1CC[NH+](Cc2cccnc2)CC1. The van der Waals surface area contributed by atoms with E-state index in [1.807, 2.05) is 24.4 Å². The third-order valence-corrected chi connectivity index (χ3v) is 4.47. The molecule has 0 saturated carbocycles. The molecule has 0 radical (unpaired) electrons. The fourth-order valence-electron chi connectivity index (χ4n) is 3.21. The van der Waals surface area contributed by atoms with Crippen molar-refractivity contribution >= 4 is 5.69 Å². The number of pyridine rings is 1. The van der Waals surface area contributed by atoms with Crippen LogP contribution >= 0.6 is 0 Å². The molecule has 1 aromatic heterocycles. The maximum Gasteiger partial charge on any atom is 0.278 e. The van der Waals surface area contributed by atoms with Crippen molar-refractivity contribution in [2.24, 2.45) is 0 Å². The van der Waals surface area contributed by atoms with Gasteiger partial charge in [-0.15, -0.1) is 0 Å². The molecule has 6 heteroatoms. The van der Waals surface area contributed by atoms with Gasteiger partial charge in [-0.25, -0.2) is 0 Å². The van der Waals surface area contributed by atoms with Crippen molar-refractivity contribution in [2.45, 2.75) is 13.1 Å². The van der Waals surface area contributed by atoms with Gasteiger partial charge in [0.15, 0.2) is 0 Å². The van der Waals surface area contributed by atoms with Crippen LogP contribution in [0.25, 0.3) is 0 Å². The number of nitro groups is 1. The molecule has 3 rings (SSSR count). The van der Waals surface area contributed by atoms with Crippen molar-refractivity contribution in [1.82, 2.24) is 4.98 Å². The summed E-state index contributed by atoms with van der Waals surface area (Å²) in [6.45, 7) is 6.00. The summed E-state index contributed by atoms with van der Waals surface area (Å²) in [4.78, 5) is 18.0. The fourth-order valence-corrected chi connectivity index (χ4v) is 3.21. The van der Waals surface area contributed by atoms with Gasteiger partial charge in [-0.3, -0.25) is 15.1 Å². The summed E-state index contributed by atoms with van der Waals surface area (Å²) in [5.41, 5.74) is 2.35. The van der Waals surface area contributed by atoms with Gasteiger partial charge < -0.3 is 9.80 Å². The molecule has 23 heavy (non-hydrogen) atoms. The first-order valence-electron chi connectivity index (χ1n) is 8.00. The highest BCUT2D eigenvalue weighted by Gasteiger charge is 2.25. The summed E-state index contributed by atoms with van der Waals surface area (Å²) in [6.07, 6.45) is 3.73. The molecule has 2 N–H and O–H groups in total. The zero-order chi connectivity index (χ0) is 16.1. The van der Waals surface area contributed by atoms with Gasteiger partial charge >= 0.3 is 0 Å².